The van der Waals surface area contributed by atoms with Crippen LogP contribution < -0.4 is 4.74 Å². The normalized spacial score (nSPS) is 10.5. The minimum Gasteiger partial charge on any atom is -0.491 e. The molecule has 0 saturated carbocycles. The van der Waals surface area contributed by atoms with Crippen molar-refractivity contribution in [1.82, 2.24) is 0 Å². The van der Waals surface area contributed by atoms with Gasteiger partial charge in [-0.15, -0.1) is 0 Å². The molecule has 0 aliphatic heterocycles. The van der Waals surface area contributed by atoms with Gasteiger partial charge in [0.05, 0.1) is 18.8 Å². The molecule has 0 saturated heterocycles. The number of ether oxygens (including phenoxy) is 2. The molecule has 0 bridgehead atoms. The number of methoxy groups -OCH3 is 1. The Kier molecular flexibility index (Phi) is 4.58. The molecule has 0 amide bonds. The maximum atomic E-state index is 13.7. The zero-order valence-electron chi connectivity index (χ0n) is 12.2. The maximum absolute atomic E-state index is 13.7. The van der Waals surface area contributed by atoms with Gasteiger partial charge in [-0.05, 0) is 55.3 Å². The molecule has 2 rings (SSSR count). The van der Waals surface area contributed by atoms with Crippen LogP contribution in [0.3, 0.4) is 0 Å². The lowest BCUT2D eigenvalue weighted by Crippen LogP contribution is -2.05. The largest absolute Gasteiger partial charge is 0.491 e. The van der Waals surface area contributed by atoms with E-state index in [-0.39, 0.29) is 11.7 Å². The number of esters is 1. The minimum atomic E-state index is -0.565. The van der Waals surface area contributed by atoms with Gasteiger partial charge in [0, 0.05) is 0 Å². The van der Waals surface area contributed by atoms with Gasteiger partial charge in [-0.3, -0.25) is 0 Å². The molecule has 110 valence electrons. The third kappa shape index (κ3) is 3.81. The van der Waals surface area contributed by atoms with E-state index < -0.39 is 11.8 Å². The fourth-order valence-corrected chi connectivity index (χ4v) is 2.01. The van der Waals surface area contributed by atoms with Crippen LogP contribution in [0.15, 0.2) is 42.5 Å². The smallest absolute Gasteiger partial charge is 0.337 e. The van der Waals surface area contributed by atoms with Crippen molar-refractivity contribution in [3.05, 3.63) is 53.8 Å². The Balaban J connectivity index is 2.41. The molecule has 0 unspecified atom stereocenters. The first-order valence-corrected chi connectivity index (χ1v) is 6.65. The maximum Gasteiger partial charge on any atom is 0.337 e. The summed E-state index contributed by atoms with van der Waals surface area (Å²) in [6, 6.07) is 11.5. The first-order valence-electron chi connectivity index (χ1n) is 6.65. The first kappa shape index (κ1) is 15.0. The number of carbonyl (C=O) groups is 1. The van der Waals surface area contributed by atoms with E-state index in [9.17, 15) is 9.18 Å². The van der Waals surface area contributed by atoms with Crippen LogP contribution in [0.25, 0.3) is 11.1 Å². The van der Waals surface area contributed by atoms with E-state index in [2.05, 4.69) is 4.74 Å². The summed E-state index contributed by atoms with van der Waals surface area (Å²) in [7, 11) is 1.27. The van der Waals surface area contributed by atoms with Crippen LogP contribution in [0.2, 0.25) is 0 Å². The van der Waals surface area contributed by atoms with Crippen LogP contribution in [0.5, 0.6) is 5.75 Å². The predicted octanol–water partition coefficient (Wildman–Crippen LogP) is 4.07. The highest BCUT2D eigenvalue weighted by molar-refractivity contribution is 5.91. The molecule has 0 aliphatic rings. The van der Waals surface area contributed by atoms with Crippen LogP contribution in [0.1, 0.15) is 24.2 Å². The monoisotopic (exact) mass is 288 g/mol. The fraction of sp³-hybridized carbons (Fsp3) is 0.235. The summed E-state index contributed by atoms with van der Waals surface area (Å²) >= 11 is 0. The zero-order valence-corrected chi connectivity index (χ0v) is 12.2. The van der Waals surface area contributed by atoms with Crippen LogP contribution in [-0.2, 0) is 4.74 Å². The van der Waals surface area contributed by atoms with Gasteiger partial charge >= 0.3 is 5.97 Å². The highest BCUT2D eigenvalue weighted by Gasteiger charge is 2.10. The highest BCUT2D eigenvalue weighted by atomic mass is 19.1. The van der Waals surface area contributed by atoms with E-state index >= 15 is 0 Å². The average Bonchev–Trinajstić information content (AvgIpc) is 2.45. The Labute approximate surface area is 123 Å². The number of hydrogen-bond donors (Lipinski definition) is 0. The Morgan fingerprint density at radius 1 is 1.10 bits per heavy atom. The van der Waals surface area contributed by atoms with Gasteiger partial charge in [-0.2, -0.15) is 0 Å². The minimum absolute atomic E-state index is 0.0541. The van der Waals surface area contributed by atoms with Crippen molar-refractivity contribution in [2.75, 3.05) is 7.11 Å². The van der Waals surface area contributed by atoms with E-state index in [4.69, 9.17) is 4.74 Å². The standard InChI is InChI=1S/C17H17FO3/c1-11(2)21-16-6-4-5-12(10-16)13-7-14(17(19)20-3)9-15(18)8-13/h4-11H,1-3H3. The molecule has 0 atom stereocenters. The van der Waals surface area contributed by atoms with E-state index in [0.29, 0.717) is 11.3 Å². The molecule has 0 fully saturated rings. The van der Waals surface area contributed by atoms with Gasteiger partial charge in [-0.1, -0.05) is 12.1 Å². The van der Waals surface area contributed by atoms with E-state index in [1.165, 1.54) is 13.2 Å². The molecular weight excluding hydrogens is 271 g/mol. The molecular formula is C17H17FO3. The summed E-state index contributed by atoms with van der Waals surface area (Å²) in [4.78, 5) is 11.5. The summed E-state index contributed by atoms with van der Waals surface area (Å²) < 4.78 is 23.9. The quantitative estimate of drug-likeness (QED) is 0.796. The number of rotatable bonds is 4. The van der Waals surface area contributed by atoms with Crippen LogP contribution in [0, 0.1) is 5.82 Å². The van der Waals surface area contributed by atoms with Crippen molar-refractivity contribution >= 4 is 5.97 Å². The summed E-state index contributed by atoms with van der Waals surface area (Å²) in [6.07, 6.45) is 0.0541. The Morgan fingerprint density at radius 3 is 2.52 bits per heavy atom. The van der Waals surface area contributed by atoms with Gasteiger partial charge in [0.1, 0.15) is 11.6 Å². The lowest BCUT2D eigenvalue weighted by atomic mass is 10.0. The fourth-order valence-electron chi connectivity index (χ4n) is 2.01. The van der Waals surface area contributed by atoms with E-state index in [1.54, 1.807) is 6.07 Å². The van der Waals surface area contributed by atoms with Crippen LogP contribution in [-0.4, -0.2) is 19.2 Å². The molecule has 2 aromatic carbocycles. The molecule has 0 heterocycles. The lowest BCUT2D eigenvalue weighted by molar-refractivity contribution is 0.0600. The number of hydrogen-bond acceptors (Lipinski definition) is 3. The average molecular weight is 288 g/mol. The molecule has 21 heavy (non-hydrogen) atoms. The summed E-state index contributed by atoms with van der Waals surface area (Å²) in [6.45, 7) is 3.87. The molecule has 0 radical (unpaired) electrons. The first-order chi connectivity index (χ1) is 9.99. The molecule has 0 N–H and O–H groups in total. The third-order valence-electron chi connectivity index (χ3n) is 2.86. The van der Waals surface area contributed by atoms with Crippen molar-refractivity contribution < 1.29 is 18.7 Å². The summed E-state index contributed by atoms with van der Waals surface area (Å²) in [5.41, 5.74) is 1.56. The Bertz CT molecular complexity index is 650. The highest BCUT2D eigenvalue weighted by Crippen LogP contribution is 2.26. The van der Waals surface area contributed by atoms with Crippen molar-refractivity contribution in [2.24, 2.45) is 0 Å². The zero-order chi connectivity index (χ0) is 15.4. The molecule has 3 nitrogen and oxygen atoms in total. The van der Waals surface area contributed by atoms with E-state index in [1.807, 2.05) is 38.1 Å². The Hall–Kier alpha value is -2.36. The number of halogens is 1. The molecule has 4 heteroatoms. The van der Waals surface area contributed by atoms with Gasteiger partial charge < -0.3 is 9.47 Å². The van der Waals surface area contributed by atoms with E-state index in [0.717, 1.165) is 11.6 Å². The number of benzene rings is 2. The number of carbonyl (C=O) groups excluding carboxylic acids is 1. The molecule has 0 spiro atoms. The van der Waals surface area contributed by atoms with Crippen molar-refractivity contribution in [2.45, 2.75) is 20.0 Å². The van der Waals surface area contributed by atoms with Crippen molar-refractivity contribution in [3.8, 4) is 16.9 Å². The van der Waals surface area contributed by atoms with Gasteiger partial charge in [0.2, 0.25) is 0 Å². The van der Waals surface area contributed by atoms with Crippen molar-refractivity contribution in [1.29, 1.82) is 0 Å². The van der Waals surface area contributed by atoms with Gasteiger partial charge in [0.15, 0.2) is 0 Å². The predicted molar refractivity (Wildman–Crippen MR) is 78.9 cm³/mol. The Morgan fingerprint density at radius 2 is 1.86 bits per heavy atom. The lowest BCUT2D eigenvalue weighted by Gasteiger charge is -2.11. The second-order valence-corrected chi connectivity index (χ2v) is 4.91. The summed E-state index contributed by atoms with van der Waals surface area (Å²) in [5, 5.41) is 0. The third-order valence-corrected chi connectivity index (χ3v) is 2.86. The van der Waals surface area contributed by atoms with Crippen LogP contribution in [0.4, 0.5) is 4.39 Å². The SMILES string of the molecule is COC(=O)c1cc(F)cc(-c2cccc(OC(C)C)c2)c1. The molecule has 2 aromatic rings. The van der Waals surface area contributed by atoms with Gasteiger partial charge in [0.25, 0.3) is 0 Å². The molecule has 0 aromatic heterocycles. The second kappa shape index (κ2) is 6.39. The second-order valence-electron chi connectivity index (χ2n) is 4.91. The topological polar surface area (TPSA) is 35.5 Å². The molecule has 0 aliphatic carbocycles. The van der Waals surface area contributed by atoms with Gasteiger partial charge in [-0.25, -0.2) is 9.18 Å². The van der Waals surface area contributed by atoms with Crippen LogP contribution >= 0.6 is 0 Å². The van der Waals surface area contributed by atoms with Crippen molar-refractivity contribution in [3.63, 3.8) is 0 Å². The summed E-state index contributed by atoms with van der Waals surface area (Å²) in [5.74, 6) is -0.347.